The molecule has 0 atom stereocenters. The van der Waals surface area contributed by atoms with Crippen LogP contribution in [-0.4, -0.2) is 76.9 Å². The molecule has 33 heavy (non-hydrogen) atoms. The molecule has 0 amide bonds. The van der Waals surface area contributed by atoms with Crippen LogP contribution in [0.15, 0.2) is 41.7 Å². The van der Waals surface area contributed by atoms with Gasteiger partial charge < -0.3 is 19.5 Å². The minimum Gasteiger partial charge on any atom is -0.494 e. The van der Waals surface area contributed by atoms with Crippen LogP contribution in [0.2, 0.25) is 0 Å². The fraction of sp³-hybridized carbons (Fsp3) is 0.522. The van der Waals surface area contributed by atoms with Gasteiger partial charge in [-0.25, -0.2) is 9.38 Å². The van der Waals surface area contributed by atoms with Crippen LogP contribution in [0, 0.1) is 5.82 Å². The standard InChI is InChI=1S/C23H34FN7O.HI/c1-5-22-28-27-17-31(22)9-8-25-23(26-15-18(2)3)30-12-10-29(11-13-30)16-19-6-7-21(32-4)20(24)14-19;/h6-7,14,17H,2,5,8-13,15-16H2,1,3-4H3,(H,25,26);1H. The van der Waals surface area contributed by atoms with Crippen LogP contribution in [0.5, 0.6) is 5.75 Å². The molecule has 8 nitrogen and oxygen atoms in total. The van der Waals surface area contributed by atoms with Gasteiger partial charge in [0.05, 0.1) is 13.7 Å². The van der Waals surface area contributed by atoms with E-state index in [1.807, 2.05) is 13.0 Å². The fourth-order valence-corrected chi connectivity index (χ4v) is 3.69. The Kier molecular flexibility index (Phi) is 11.0. The molecule has 182 valence electrons. The molecule has 1 N–H and O–H groups in total. The average molecular weight is 571 g/mol. The predicted molar refractivity (Wildman–Crippen MR) is 140 cm³/mol. The second-order valence-corrected chi connectivity index (χ2v) is 8.05. The summed E-state index contributed by atoms with van der Waals surface area (Å²) in [4.78, 5) is 9.37. The van der Waals surface area contributed by atoms with Crippen molar-refractivity contribution < 1.29 is 9.13 Å². The molecule has 1 aliphatic heterocycles. The number of hydrogen-bond acceptors (Lipinski definition) is 5. The number of aromatic nitrogens is 3. The van der Waals surface area contributed by atoms with E-state index >= 15 is 0 Å². The van der Waals surface area contributed by atoms with Gasteiger partial charge in [-0.2, -0.15) is 0 Å². The van der Waals surface area contributed by atoms with Crippen LogP contribution in [0.25, 0.3) is 0 Å². The van der Waals surface area contributed by atoms with E-state index in [9.17, 15) is 4.39 Å². The Labute approximate surface area is 212 Å². The van der Waals surface area contributed by atoms with E-state index in [-0.39, 0.29) is 35.5 Å². The smallest absolute Gasteiger partial charge is 0.194 e. The molecule has 1 aromatic heterocycles. The first-order valence-corrected chi connectivity index (χ1v) is 11.1. The molecule has 1 aliphatic rings. The van der Waals surface area contributed by atoms with Gasteiger partial charge in [-0.3, -0.25) is 4.90 Å². The molecule has 2 heterocycles. The van der Waals surface area contributed by atoms with E-state index in [0.29, 0.717) is 13.1 Å². The number of aliphatic imine (C=N–C) groups is 1. The van der Waals surface area contributed by atoms with Gasteiger partial charge >= 0.3 is 0 Å². The molecule has 0 unspecified atom stereocenters. The number of piperazine rings is 1. The van der Waals surface area contributed by atoms with Gasteiger partial charge in [0.1, 0.15) is 12.2 Å². The molecular weight excluding hydrogens is 536 g/mol. The van der Waals surface area contributed by atoms with E-state index in [1.165, 1.54) is 7.11 Å². The zero-order chi connectivity index (χ0) is 22.9. The number of halogens is 2. The fourth-order valence-electron chi connectivity index (χ4n) is 3.69. The lowest BCUT2D eigenvalue weighted by molar-refractivity contribution is 0.172. The summed E-state index contributed by atoms with van der Waals surface area (Å²) in [7, 11) is 1.48. The second-order valence-electron chi connectivity index (χ2n) is 8.05. The minimum absolute atomic E-state index is 0. The highest BCUT2D eigenvalue weighted by atomic mass is 127. The van der Waals surface area contributed by atoms with Gasteiger partial charge in [0.25, 0.3) is 0 Å². The van der Waals surface area contributed by atoms with Crippen LogP contribution >= 0.6 is 24.0 Å². The van der Waals surface area contributed by atoms with Crippen LogP contribution in [0.4, 0.5) is 4.39 Å². The van der Waals surface area contributed by atoms with E-state index < -0.39 is 0 Å². The molecule has 0 spiro atoms. The SMILES string of the molecule is C=C(C)CN=C(NCCn1cnnc1CC)N1CCN(Cc2ccc(OC)c(F)c2)CC1.I. The first kappa shape index (κ1) is 27.0. The number of methoxy groups -OCH3 is 1. The number of rotatable bonds is 9. The van der Waals surface area contributed by atoms with E-state index in [4.69, 9.17) is 9.73 Å². The molecule has 0 saturated carbocycles. The third-order valence-electron chi connectivity index (χ3n) is 5.44. The third-order valence-corrected chi connectivity index (χ3v) is 5.44. The van der Waals surface area contributed by atoms with Crippen LogP contribution in [0.1, 0.15) is 25.2 Å². The van der Waals surface area contributed by atoms with Crippen LogP contribution < -0.4 is 10.1 Å². The molecule has 1 fully saturated rings. The highest BCUT2D eigenvalue weighted by Gasteiger charge is 2.20. The zero-order valence-corrected chi connectivity index (χ0v) is 22.1. The lowest BCUT2D eigenvalue weighted by Gasteiger charge is -2.36. The van der Waals surface area contributed by atoms with Crippen molar-refractivity contribution in [3.05, 3.63) is 53.9 Å². The Morgan fingerprint density at radius 2 is 2.03 bits per heavy atom. The maximum atomic E-state index is 14.0. The molecule has 0 aliphatic carbocycles. The first-order valence-electron chi connectivity index (χ1n) is 11.1. The maximum absolute atomic E-state index is 14.0. The highest BCUT2D eigenvalue weighted by molar-refractivity contribution is 14.0. The number of nitrogens with zero attached hydrogens (tertiary/aromatic N) is 6. The maximum Gasteiger partial charge on any atom is 0.194 e. The second kappa shape index (κ2) is 13.5. The minimum atomic E-state index is -0.318. The highest BCUT2D eigenvalue weighted by Crippen LogP contribution is 2.19. The van der Waals surface area contributed by atoms with E-state index in [0.717, 1.165) is 68.6 Å². The first-order chi connectivity index (χ1) is 15.5. The third kappa shape index (κ3) is 7.95. The van der Waals surface area contributed by atoms with E-state index in [2.05, 4.69) is 43.4 Å². The number of guanidine groups is 1. The van der Waals surface area contributed by atoms with Crippen molar-refractivity contribution in [2.75, 3.05) is 46.4 Å². The molecule has 0 bridgehead atoms. The average Bonchev–Trinajstić information content (AvgIpc) is 3.24. The molecule has 3 rings (SSSR count). The molecule has 1 aromatic carbocycles. The monoisotopic (exact) mass is 571 g/mol. The summed E-state index contributed by atoms with van der Waals surface area (Å²) >= 11 is 0. The Bertz CT molecular complexity index is 925. The molecule has 0 radical (unpaired) electrons. The quantitative estimate of drug-likeness (QED) is 0.216. The largest absolute Gasteiger partial charge is 0.494 e. The summed E-state index contributed by atoms with van der Waals surface area (Å²) in [6, 6.07) is 5.17. The van der Waals surface area contributed by atoms with Crippen LogP contribution in [-0.2, 0) is 19.5 Å². The van der Waals surface area contributed by atoms with Crippen LogP contribution in [0.3, 0.4) is 0 Å². The summed E-state index contributed by atoms with van der Waals surface area (Å²) in [5.74, 6) is 1.84. The Morgan fingerprint density at radius 1 is 1.27 bits per heavy atom. The van der Waals surface area contributed by atoms with Gasteiger partial charge in [0.15, 0.2) is 17.5 Å². The summed E-state index contributed by atoms with van der Waals surface area (Å²) in [5.41, 5.74) is 1.98. The van der Waals surface area contributed by atoms with Crippen molar-refractivity contribution in [1.82, 2.24) is 29.9 Å². The van der Waals surface area contributed by atoms with E-state index in [1.54, 1.807) is 18.5 Å². The van der Waals surface area contributed by atoms with Crippen molar-refractivity contribution in [2.45, 2.75) is 33.4 Å². The molecule has 1 saturated heterocycles. The molecule has 10 heteroatoms. The predicted octanol–water partition coefficient (Wildman–Crippen LogP) is 2.95. The van der Waals surface area contributed by atoms with Crippen molar-refractivity contribution in [3.8, 4) is 5.75 Å². The van der Waals surface area contributed by atoms with Crippen molar-refractivity contribution in [2.24, 2.45) is 4.99 Å². The Morgan fingerprint density at radius 3 is 2.67 bits per heavy atom. The van der Waals surface area contributed by atoms with Crippen molar-refractivity contribution >= 4 is 29.9 Å². The van der Waals surface area contributed by atoms with Crippen molar-refractivity contribution in [3.63, 3.8) is 0 Å². The van der Waals surface area contributed by atoms with Gasteiger partial charge in [-0.05, 0) is 24.6 Å². The number of hydrogen-bond donors (Lipinski definition) is 1. The normalized spacial score (nSPS) is 14.7. The summed E-state index contributed by atoms with van der Waals surface area (Å²) in [5, 5.41) is 11.6. The molecule has 2 aromatic rings. The number of aryl methyl sites for hydroxylation is 1. The summed E-state index contributed by atoms with van der Waals surface area (Å²) < 4.78 is 21.1. The number of ether oxygens (including phenoxy) is 1. The van der Waals surface area contributed by atoms with Gasteiger partial charge in [0, 0.05) is 52.2 Å². The van der Waals surface area contributed by atoms with Gasteiger partial charge in [0.2, 0.25) is 0 Å². The molecular formula is C23H35FIN7O. The van der Waals surface area contributed by atoms with Crippen molar-refractivity contribution in [1.29, 1.82) is 0 Å². The van der Waals surface area contributed by atoms with Gasteiger partial charge in [-0.15, -0.1) is 34.2 Å². The van der Waals surface area contributed by atoms with Gasteiger partial charge in [-0.1, -0.05) is 25.1 Å². The lowest BCUT2D eigenvalue weighted by Crippen LogP contribution is -2.52. The number of benzene rings is 1. The lowest BCUT2D eigenvalue weighted by atomic mass is 10.2. The topological polar surface area (TPSA) is 70.8 Å². The Balaban J connectivity index is 0.00000385. The zero-order valence-electron chi connectivity index (χ0n) is 19.8. The number of nitrogens with one attached hydrogen (secondary N) is 1. The Hall–Kier alpha value is -2.21. The summed E-state index contributed by atoms with van der Waals surface area (Å²) in [6.07, 6.45) is 2.63. The summed E-state index contributed by atoms with van der Waals surface area (Å²) in [6.45, 7) is 14.3.